The van der Waals surface area contributed by atoms with Crippen LogP contribution in [0, 0.1) is 23.1 Å². The maximum absolute atomic E-state index is 14.5. The summed E-state index contributed by atoms with van der Waals surface area (Å²) in [5, 5.41) is 19.0. The van der Waals surface area contributed by atoms with Crippen LogP contribution in [0.2, 0.25) is 0 Å². The minimum atomic E-state index is -1.65. The van der Waals surface area contributed by atoms with Crippen LogP contribution >= 0.6 is 0 Å². The molecule has 7 nitrogen and oxygen atoms in total. The third kappa shape index (κ3) is 4.67. The van der Waals surface area contributed by atoms with Crippen molar-refractivity contribution in [1.29, 1.82) is 5.26 Å². The van der Waals surface area contributed by atoms with E-state index in [9.17, 15) is 24.3 Å². The Morgan fingerprint density at radius 2 is 2.00 bits per heavy atom. The quantitative estimate of drug-likeness (QED) is 0.565. The van der Waals surface area contributed by atoms with Gasteiger partial charge in [-0.15, -0.1) is 0 Å². The highest BCUT2D eigenvalue weighted by atomic mass is 19.1. The molecule has 0 saturated heterocycles. The van der Waals surface area contributed by atoms with Gasteiger partial charge in [0, 0.05) is 11.1 Å². The maximum atomic E-state index is 14.5. The van der Waals surface area contributed by atoms with Crippen molar-refractivity contribution in [2.45, 2.75) is 26.4 Å². The van der Waals surface area contributed by atoms with Crippen molar-refractivity contribution in [3.63, 3.8) is 0 Å². The number of carbonyl (C=O) groups is 2. The van der Waals surface area contributed by atoms with Gasteiger partial charge in [-0.2, -0.15) is 5.26 Å². The molecule has 8 heteroatoms. The summed E-state index contributed by atoms with van der Waals surface area (Å²) in [5.74, 6) is -4.52. The molecule has 0 spiro atoms. The molecule has 0 amide bonds. The third-order valence-corrected chi connectivity index (χ3v) is 4.88. The number of aliphatic imine (C=N–C) groups is 2. The largest absolute Gasteiger partial charge is 0.480 e. The maximum Gasteiger partial charge on any atom is 0.326 e. The molecule has 1 heterocycles. The molecule has 31 heavy (non-hydrogen) atoms. The van der Waals surface area contributed by atoms with Crippen LogP contribution in [0.1, 0.15) is 37.0 Å². The van der Waals surface area contributed by atoms with E-state index in [0.717, 1.165) is 0 Å². The number of fused-ring (bicyclic) bond motifs is 1. The normalized spacial score (nSPS) is 14.8. The van der Waals surface area contributed by atoms with Crippen LogP contribution < -0.4 is 0 Å². The number of hydrogen-bond acceptors (Lipinski definition) is 6. The monoisotopic (exact) mass is 421 g/mol. The van der Waals surface area contributed by atoms with Gasteiger partial charge in [-0.05, 0) is 43.7 Å². The van der Waals surface area contributed by atoms with Crippen molar-refractivity contribution in [2.75, 3.05) is 6.54 Å². The van der Waals surface area contributed by atoms with Crippen molar-refractivity contribution in [3.8, 4) is 6.07 Å². The van der Waals surface area contributed by atoms with E-state index in [1.165, 1.54) is 36.4 Å². The lowest BCUT2D eigenvalue weighted by Crippen LogP contribution is -2.36. The zero-order valence-corrected chi connectivity index (χ0v) is 17.0. The molecule has 0 saturated carbocycles. The fourth-order valence-corrected chi connectivity index (χ4v) is 3.10. The summed E-state index contributed by atoms with van der Waals surface area (Å²) in [6, 6.07) is 12.6. The van der Waals surface area contributed by atoms with Gasteiger partial charge in [0.1, 0.15) is 5.82 Å². The first-order valence-electron chi connectivity index (χ1n) is 9.70. The van der Waals surface area contributed by atoms with E-state index >= 15 is 0 Å². The fraction of sp³-hybridized carbons (Fsp3) is 0.261. The standard InChI is InChI=1S/C23H20FN3O4/c1-3-13(2)31-23(30)20(22(28)29)19-12-26-21(15-6-4-5-7-17(15)24)16-10-14(11-25)8-9-18(16)27-19/h4-10,13,20H,3,12H2,1-2H3,(H,28,29). The molecule has 0 aliphatic carbocycles. The van der Waals surface area contributed by atoms with Crippen LogP contribution in [-0.4, -0.2) is 41.1 Å². The van der Waals surface area contributed by atoms with Gasteiger partial charge < -0.3 is 9.84 Å². The Hall–Kier alpha value is -3.86. The molecule has 0 fully saturated rings. The molecule has 2 aromatic rings. The van der Waals surface area contributed by atoms with E-state index in [1.54, 1.807) is 13.0 Å². The molecule has 2 aromatic carbocycles. The van der Waals surface area contributed by atoms with Gasteiger partial charge in [0.15, 0.2) is 5.92 Å². The Labute approximate surface area is 178 Å². The van der Waals surface area contributed by atoms with E-state index in [0.29, 0.717) is 17.5 Å². The molecule has 2 unspecified atom stereocenters. The number of rotatable bonds is 6. The number of carboxylic acid groups (broad SMARTS) is 1. The number of ether oxygens (including phenoxy) is 1. The summed E-state index contributed by atoms with van der Waals surface area (Å²) in [6.45, 7) is 3.23. The Morgan fingerprint density at radius 1 is 1.26 bits per heavy atom. The molecule has 0 radical (unpaired) electrons. The summed E-state index contributed by atoms with van der Waals surface area (Å²) in [7, 11) is 0. The number of carbonyl (C=O) groups excluding carboxylic acids is 1. The second kappa shape index (κ2) is 9.30. The zero-order chi connectivity index (χ0) is 22.5. The Balaban J connectivity index is 2.14. The van der Waals surface area contributed by atoms with Gasteiger partial charge >= 0.3 is 11.9 Å². The van der Waals surface area contributed by atoms with E-state index < -0.39 is 29.8 Å². The van der Waals surface area contributed by atoms with Gasteiger partial charge in [0.05, 0.1) is 41.4 Å². The Morgan fingerprint density at radius 3 is 2.65 bits per heavy atom. The predicted octanol–water partition coefficient (Wildman–Crippen LogP) is 3.66. The molecular formula is C23H20FN3O4. The lowest BCUT2D eigenvalue weighted by atomic mass is 9.98. The highest BCUT2D eigenvalue weighted by Crippen LogP contribution is 2.29. The number of hydrogen-bond donors (Lipinski definition) is 1. The first kappa shape index (κ1) is 21.8. The summed E-state index contributed by atoms with van der Waals surface area (Å²) < 4.78 is 19.7. The van der Waals surface area contributed by atoms with Gasteiger partial charge in [-0.25, -0.2) is 4.39 Å². The molecule has 2 atom stereocenters. The van der Waals surface area contributed by atoms with Gasteiger partial charge in [-0.1, -0.05) is 19.1 Å². The number of nitriles is 1. The molecule has 0 aromatic heterocycles. The summed E-state index contributed by atoms with van der Waals surface area (Å²) in [5.41, 5.74) is 1.35. The molecule has 158 valence electrons. The molecule has 0 bridgehead atoms. The predicted molar refractivity (Wildman–Crippen MR) is 112 cm³/mol. The molecule has 1 aliphatic heterocycles. The molecule has 1 N–H and O–H groups in total. The third-order valence-electron chi connectivity index (χ3n) is 4.88. The summed E-state index contributed by atoms with van der Waals surface area (Å²) in [4.78, 5) is 33.2. The van der Waals surface area contributed by atoms with E-state index in [2.05, 4.69) is 9.98 Å². The van der Waals surface area contributed by atoms with E-state index in [-0.39, 0.29) is 29.2 Å². The van der Waals surface area contributed by atoms with Gasteiger partial charge in [0.2, 0.25) is 0 Å². The highest BCUT2D eigenvalue weighted by Gasteiger charge is 2.35. The van der Waals surface area contributed by atoms with Crippen LogP contribution in [0.25, 0.3) is 0 Å². The second-order valence-electron chi connectivity index (χ2n) is 7.02. The lowest BCUT2D eigenvalue weighted by Gasteiger charge is -2.16. The number of nitrogens with zero attached hydrogens (tertiary/aromatic N) is 3. The number of halogens is 1. The first-order chi connectivity index (χ1) is 14.8. The van der Waals surface area contributed by atoms with Crippen LogP contribution in [-0.2, 0) is 14.3 Å². The minimum absolute atomic E-state index is 0.0295. The highest BCUT2D eigenvalue weighted by molar-refractivity contribution is 6.22. The van der Waals surface area contributed by atoms with Crippen LogP contribution in [0.4, 0.5) is 10.1 Å². The van der Waals surface area contributed by atoms with Crippen molar-refractivity contribution in [1.82, 2.24) is 0 Å². The number of esters is 1. The summed E-state index contributed by atoms with van der Waals surface area (Å²) in [6.07, 6.45) is 0.0728. The van der Waals surface area contributed by atoms with Gasteiger partial charge in [0.25, 0.3) is 0 Å². The topological polar surface area (TPSA) is 112 Å². The SMILES string of the molecule is CCC(C)OC(=O)C(C(=O)O)C1=Nc2ccc(C#N)cc2C(c2ccccc2F)=NC1. The van der Waals surface area contributed by atoms with E-state index in [4.69, 9.17) is 4.74 Å². The van der Waals surface area contributed by atoms with Crippen LogP contribution in [0.15, 0.2) is 52.4 Å². The average Bonchev–Trinajstić information content (AvgIpc) is 2.92. The Bertz CT molecular complexity index is 1130. The van der Waals surface area contributed by atoms with Crippen molar-refractivity contribution in [3.05, 3.63) is 65.0 Å². The molecular weight excluding hydrogens is 401 g/mol. The van der Waals surface area contributed by atoms with Crippen LogP contribution in [0.3, 0.4) is 0 Å². The van der Waals surface area contributed by atoms with E-state index in [1.807, 2.05) is 13.0 Å². The number of carboxylic acids is 1. The van der Waals surface area contributed by atoms with Crippen molar-refractivity contribution in [2.24, 2.45) is 15.9 Å². The Kier molecular flexibility index (Phi) is 6.55. The minimum Gasteiger partial charge on any atom is -0.480 e. The smallest absolute Gasteiger partial charge is 0.326 e. The average molecular weight is 421 g/mol. The first-order valence-corrected chi connectivity index (χ1v) is 9.70. The van der Waals surface area contributed by atoms with Gasteiger partial charge in [-0.3, -0.25) is 19.6 Å². The van der Waals surface area contributed by atoms with Crippen molar-refractivity contribution < 1.29 is 23.8 Å². The molecule has 1 aliphatic rings. The zero-order valence-electron chi connectivity index (χ0n) is 17.0. The lowest BCUT2D eigenvalue weighted by molar-refractivity contribution is -0.158. The van der Waals surface area contributed by atoms with Crippen LogP contribution in [0.5, 0.6) is 0 Å². The fourth-order valence-electron chi connectivity index (χ4n) is 3.10. The second-order valence-corrected chi connectivity index (χ2v) is 7.02. The van der Waals surface area contributed by atoms with Crippen molar-refractivity contribution >= 4 is 29.0 Å². The molecule has 3 rings (SSSR count). The number of aliphatic carboxylic acids is 1. The summed E-state index contributed by atoms with van der Waals surface area (Å²) >= 11 is 0. The number of benzene rings is 2.